The highest BCUT2D eigenvalue weighted by atomic mass is 35.5. The second-order valence-corrected chi connectivity index (χ2v) is 12.0. The molecule has 7 nitrogen and oxygen atoms in total. The Morgan fingerprint density at radius 2 is 1.76 bits per heavy atom. The molecule has 0 saturated carbocycles. The molecule has 0 aliphatic carbocycles. The van der Waals surface area contributed by atoms with Crippen molar-refractivity contribution in [3.8, 4) is 0 Å². The van der Waals surface area contributed by atoms with E-state index in [1.165, 1.54) is 30.3 Å². The van der Waals surface area contributed by atoms with Gasteiger partial charge in [-0.2, -0.15) is 0 Å². The van der Waals surface area contributed by atoms with Gasteiger partial charge in [0, 0.05) is 22.3 Å². The molecule has 3 N–H and O–H groups in total. The summed E-state index contributed by atoms with van der Waals surface area (Å²) in [5, 5.41) is 0.904. The van der Waals surface area contributed by atoms with Crippen molar-refractivity contribution in [1.29, 1.82) is 0 Å². The maximum atomic E-state index is 13.0. The van der Waals surface area contributed by atoms with Gasteiger partial charge in [-0.3, -0.25) is 14.2 Å². The second kappa shape index (κ2) is 9.04. The third kappa shape index (κ3) is 5.12. The van der Waals surface area contributed by atoms with Crippen LogP contribution in [0.3, 0.4) is 0 Å². The summed E-state index contributed by atoms with van der Waals surface area (Å²) in [6.45, 7) is 0.759. The predicted molar refractivity (Wildman–Crippen MR) is 130 cm³/mol. The fourth-order valence-corrected chi connectivity index (χ4v) is 6.30. The molecular weight excluding hydrogens is 506 g/mol. The molecule has 0 bridgehead atoms. The molecule has 1 aliphatic rings. The topological polar surface area (TPSA) is 107 Å². The van der Waals surface area contributed by atoms with Gasteiger partial charge in [0.25, 0.3) is 10.0 Å². The molecule has 174 valence electrons. The number of likely N-dealkylation sites (N-methyl/N-ethyl adjacent to an activating group) is 1. The van der Waals surface area contributed by atoms with Crippen LogP contribution in [0, 0.1) is 0 Å². The lowest BCUT2D eigenvalue weighted by molar-refractivity contribution is 0.264. The molecule has 3 aromatic carbocycles. The molecule has 3 aromatic rings. The van der Waals surface area contributed by atoms with E-state index in [9.17, 15) is 22.8 Å². The van der Waals surface area contributed by atoms with Crippen LogP contribution in [0.4, 0.5) is 5.69 Å². The standard InChI is InChI=1S/C22H21Cl2N2O5PS/c1-26-10-9-14-11-16(23)13-20(24)21(14)22(26)15-3-2-4-19(12-15)33(30,31)25-17-5-7-18(8-6-17)32(27,28)29/h2-8,11-13,22,25H,9-10H2,1H3,(H2,27,28,29). The van der Waals surface area contributed by atoms with Crippen molar-refractivity contribution in [2.75, 3.05) is 18.3 Å². The summed E-state index contributed by atoms with van der Waals surface area (Å²) in [6.07, 6.45) is 0.784. The molecule has 4 rings (SSSR count). The number of benzene rings is 3. The molecule has 0 saturated heterocycles. The lowest BCUT2D eigenvalue weighted by Gasteiger charge is -2.36. The highest BCUT2D eigenvalue weighted by molar-refractivity contribution is 7.92. The van der Waals surface area contributed by atoms with Crippen LogP contribution in [-0.2, 0) is 21.0 Å². The number of hydrogen-bond acceptors (Lipinski definition) is 4. The minimum atomic E-state index is -4.41. The number of sulfonamides is 1. The summed E-state index contributed by atoms with van der Waals surface area (Å²) in [4.78, 5) is 20.6. The van der Waals surface area contributed by atoms with Crippen molar-refractivity contribution in [3.63, 3.8) is 0 Å². The van der Waals surface area contributed by atoms with Crippen LogP contribution < -0.4 is 10.0 Å². The van der Waals surface area contributed by atoms with Gasteiger partial charge in [0.1, 0.15) is 0 Å². The molecule has 0 aromatic heterocycles. The summed E-state index contributed by atoms with van der Waals surface area (Å²) in [7, 11) is -6.40. The Morgan fingerprint density at radius 3 is 2.42 bits per heavy atom. The van der Waals surface area contributed by atoms with Crippen molar-refractivity contribution < 1.29 is 22.8 Å². The predicted octanol–water partition coefficient (Wildman–Crippen LogP) is 4.17. The van der Waals surface area contributed by atoms with Crippen molar-refractivity contribution in [2.24, 2.45) is 0 Å². The molecule has 1 heterocycles. The highest BCUT2D eigenvalue weighted by Gasteiger charge is 2.30. The van der Waals surface area contributed by atoms with Gasteiger partial charge in [-0.25, -0.2) is 8.42 Å². The maximum Gasteiger partial charge on any atom is 0.356 e. The summed E-state index contributed by atoms with van der Waals surface area (Å²) in [5.41, 5.74) is 2.90. The van der Waals surface area contributed by atoms with E-state index in [0.29, 0.717) is 10.0 Å². The van der Waals surface area contributed by atoms with Crippen LogP contribution in [-0.4, -0.2) is 36.7 Å². The number of fused-ring (bicyclic) bond motifs is 1. The zero-order valence-electron chi connectivity index (χ0n) is 17.4. The quantitative estimate of drug-likeness (QED) is 0.430. The normalized spacial score (nSPS) is 16.9. The van der Waals surface area contributed by atoms with Crippen LogP contribution in [0.15, 0.2) is 65.6 Å². The van der Waals surface area contributed by atoms with Crippen LogP contribution in [0.1, 0.15) is 22.7 Å². The Balaban J connectivity index is 1.68. The van der Waals surface area contributed by atoms with E-state index in [2.05, 4.69) is 9.62 Å². The Morgan fingerprint density at radius 1 is 1.06 bits per heavy atom. The fraction of sp³-hybridized carbons (Fsp3) is 0.182. The first-order valence-corrected chi connectivity index (χ1v) is 13.8. The molecule has 1 unspecified atom stereocenters. The van der Waals surface area contributed by atoms with Gasteiger partial charge in [-0.15, -0.1) is 0 Å². The van der Waals surface area contributed by atoms with Crippen LogP contribution in [0.2, 0.25) is 10.0 Å². The first-order chi connectivity index (χ1) is 15.5. The largest absolute Gasteiger partial charge is 0.356 e. The van der Waals surface area contributed by atoms with Gasteiger partial charge < -0.3 is 9.79 Å². The smallest absolute Gasteiger partial charge is 0.321 e. The first kappa shape index (κ1) is 24.2. The highest BCUT2D eigenvalue weighted by Crippen LogP contribution is 2.40. The molecule has 0 amide bonds. The molecule has 33 heavy (non-hydrogen) atoms. The monoisotopic (exact) mass is 526 g/mol. The van der Waals surface area contributed by atoms with Gasteiger partial charge in [0.2, 0.25) is 0 Å². The van der Waals surface area contributed by atoms with Crippen molar-refractivity contribution in [2.45, 2.75) is 17.4 Å². The summed E-state index contributed by atoms with van der Waals surface area (Å²) in [6, 6.07) is 15.0. The third-order valence-corrected chi connectivity index (χ3v) is 8.45. The number of rotatable bonds is 5. The summed E-state index contributed by atoms with van der Waals surface area (Å²) in [5.74, 6) is 0. The van der Waals surface area contributed by atoms with E-state index in [4.69, 9.17) is 23.2 Å². The molecule has 1 aliphatic heterocycles. The van der Waals surface area contributed by atoms with E-state index in [-0.39, 0.29) is 21.9 Å². The van der Waals surface area contributed by atoms with Crippen LogP contribution in [0.25, 0.3) is 0 Å². The lowest BCUT2D eigenvalue weighted by Crippen LogP contribution is -2.33. The molecule has 11 heteroatoms. The molecule has 0 spiro atoms. The van der Waals surface area contributed by atoms with Gasteiger partial charge in [0.05, 0.1) is 16.2 Å². The van der Waals surface area contributed by atoms with E-state index in [0.717, 1.165) is 29.7 Å². The number of anilines is 1. The van der Waals surface area contributed by atoms with Crippen molar-refractivity contribution >= 4 is 51.8 Å². The average Bonchev–Trinajstić information content (AvgIpc) is 2.73. The Kier molecular flexibility index (Phi) is 6.64. The zero-order valence-corrected chi connectivity index (χ0v) is 20.7. The summed E-state index contributed by atoms with van der Waals surface area (Å²) < 4.78 is 39.9. The minimum absolute atomic E-state index is 0.0599. The average molecular weight is 527 g/mol. The van der Waals surface area contributed by atoms with Crippen LogP contribution in [0.5, 0.6) is 0 Å². The van der Waals surface area contributed by atoms with Gasteiger partial charge in [0.15, 0.2) is 0 Å². The van der Waals surface area contributed by atoms with Gasteiger partial charge >= 0.3 is 7.60 Å². The molecule has 0 radical (unpaired) electrons. The number of halogens is 2. The Bertz CT molecular complexity index is 1360. The number of hydrogen-bond donors (Lipinski definition) is 3. The van der Waals surface area contributed by atoms with E-state index >= 15 is 0 Å². The van der Waals surface area contributed by atoms with Crippen LogP contribution >= 0.6 is 30.8 Å². The van der Waals surface area contributed by atoms with E-state index < -0.39 is 17.6 Å². The lowest BCUT2D eigenvalue weighted by atomic mass is 9.88. The molecular formula is C22H21Cl2N2O5PS. The zero-order chi connectivity index (χ0) is 24.0. The van der Waals surface area contributed by atoms with Crippen molar-refractivity contribution in [1.82, 2.24) is 4.90 Å². The summed E-state index contributed by atoms with van der Waals surface area (Å²) >= 11 is 12.7. The number of nitrogens with one attached hydrogen (secondary N) is 1. The van der Waals surface area contributed by atoms with E-state index in [1.807, 2.05) is 19.2 Å². The molecule has 1 atom stereocenters. The minimum Gasteiger partial charge on any atom is -0.321 e. The number of nitrogens with zero attached hydrogens (tertiary/aromatic N) is 1. The molecule has 0 fully saturated rings. The van der Waals surface area contributed by atoms with Gasteiger partial charge in [-0.05, 0) is 78.7 Å². The van der Waals surface area contributed by atoms with E-state index in [1.54, 1.807) is 18.2 Å². The fourth-order valence-electron chi connectivity index (χ4n) is 4.01. The SMILES string of the molecule is CN1CCc2cc(Cl)cc(Cl)c2C1c1cccc(S(=O)(=O)Nc2ccc(P(=O)(O)O)cc2)c1. The third-order valence-electron chi connectivity index (χ3n) is 5.57. The van der Waals surface area contributed by atoms with Gasteiger partial charge in [-0.1, -0.05) is 35.3 Å². The first-order valence-electron chi connectivity index (χ1n) is 9.93. The maximum absolute atomic E-state index is 13.0. The Hall–Kier alpha value is -1.90. The second-order valence-electron chi connectivity index (χ2n) is 7.86. The Labute approximate surface area is 202 Å². The van der Waals surface area contributed by atoms with Crippen molar-refractivity contribution in [3.05, 3.63) is 87.4 Å².